The zero-order valence-corrected chi connectivity index (χ0v) is 20.5. The first-order valence-electron chi connectivity index (χ1n) is 11.7. The molecule has 0 N–H and O–H groups in total. The van der Waals surface area contributed by atoms with Gasteiger partial charge in [-0.2, -0.15) is 0 Å². The largest absolute Gasteiger partial charge is 0.328 e. The number of amides is 1. The van der Waals surface area contributed by atoms with E-state index < -0.39 is 10.0 Å². The lowest BCUT2D eigenvalue weighted by molar-refractivity contribution is 0.0729. The van der Waals surface area contributed by atoms with Crippen LogP contribution in [0, 0.1) is 6.92 Å². The third kappa shape index (κ3) is 4.05. The summed E-state index contributed by atoms with van der Waals surface area (Å²) in [4.78, 5) is 15.6. The molecule has 0 bridgehead atoms. The zero-order chi connectivity index (χ0) is 24.6. The second kappa shape index (κ2) is 9.14. The highest BCUT2D eigenvalue weighted by molar-refractivity contribution is 7.92. The van der Waals surface area contributed by atoms with Gasteiger partial charge < -0.3 is 4.90 Å². The van der Waals surface area contributed by atoms with Crippen molar-refractivity contribution < 1.29 is 13.2 Å². The van der Waals surface area contributed by atoms with E-state index in [1.165, 1.54) is 10.4 Å². The number of benzene rings is 2. The monoisotopic (exact) mass is 489 g/mol. The minimum Gasteiger partial charge on any atom is -0.328 e. The summed E-state index contributed by atoms with van der Waals surface area (Å²) in [7, 11) is -3.86. The van der Waals surface area contributed by atoms with E-state index in [2.05, 4.69) is 10.2 Å². The van der Waals surface area contributed by atoms with Gasteiger partial charge in [0, 0.05) is 24.8 Å². The van der Waals surface area contributed by atoms with Crippen LogP contribution >= 0.6 is 0 Å². The molecule has 3 heterocycles. The van der Waals surface area contributed by atoms with Crippen molar-refractivity contribution in [3.05, 3.63) is 89.9 Å². The molecular weight excluding hydrogens is 462 g/mol. The molecule has 1 amide bonds. The van der Waals surface area contributed by atoms with Gasteiger partial charge in [0.1, 0.15) is 0 Å². The Balaban J connectivity index is 1.50. The number of rotatable bonds is 6. The third-order valence-electron chi connectivity index (χ3n) is 6.49. The molecular formula is C26H27N5O3S. The molecule has 2 aromatic heterocycles. The fourth-order valence-electron chi connectivity index (χ4n) is 4.75. The fourth-order valence-corrected chi connectivity index (χ4v) is 6.47. The number of sulfonamides is 1. The van der Waals surface area contributed by atoms with Crippen molar-refractivity contribution >= 4 is 27.3 Å². The zero-order valence-electron chi connectivity index (χ0n) is 19.7. The summed E-state index contributed by atoms with van der Waals surface area (Å²) in [6.45, 7) is 4.40. The average Bonchev–Trinajstić information content (AvgIpc) is 3.52. The quantitative estimate of drug-likeness (QED) is 0.404. The van der Waals surface area contributed by atoms with Crippen molar-refractivity contribution in [1.82, 2.24) is 19.5 Å². The van der Waals surface area contributed by atoms with Crippen LogP contribution < -0.4 is 4.31 Å². The molecule has 1 aliphatic rings. The van der Waals surface area contributed by atoms with E-state index in [0.717, 1.165) is 18.5 Å². The maximum atomic E-state index is 13.7. The maximum Gasteiger partial charge on any atom is 0.264 e. The summed E-state index contributed by atoms with van der Waals surface area (Å²) < 4.78 is 30.6. The Morgan fingerprint density at radius 1 is 1.06 bits per heavy atom. The standard InChI is InChI=1S/C26H27N5O3S/c1-3-31(21-10-5-4-6-11-21)35(33,34)23-18-20(15-14-19(23)2)26(32)29-17-9-12-22(29)25-28-27-24-13-7-8-16-30(24)25/h4-8,10-11,13-16,18,22H,3,9,12,17H2,1-2H3/t22-/m1/s1. The first kappa shape index (κ1) is 23.0. The molecule has 0 radical (unpaired) electrons. The van der Waals surface area contributed by atoms with Gasteiger partial charge in [0.25, 0.3) is 15.9 Å². The van der Waals surface area contributed by atoms with Crippen molar-refractivity contribution in [2.24, 2.45) is 0 Å². The van der Waals surface area contributed by atoms with Crippen molar-refractivity contribution in [1.29, 1.82) is 0 Å². The van der Waals surface area contributed by atoms with Crippen molar-refractivity contribution in [2.75, 3.05) is 17.4 Å². The Bertz CT molecular complexity index is 1480. The molecule has 8 nitrogen and oxygen atoms in total. The number of fused-ring (bicyclic) bond motifs is 1. The van der Waals surface area contributed by atoms with Crippen molar-refractivity contribution in [3.63, 3.8) is 0 Å². The van der Waals surface area contributed by atoms with Crippen LogP contribution in [0.5, 0.6) is 0 Å². The van der Waals surface area contributed by atoms with Crippen molar-refractivity contribution in [3.8, 4) is 0 Å². The number of hydrogen-bond acceptors (Lipinski definition) is 5. The van der Waals surface area contributed by atoms with Crippen LogP contribution in [0.4, 0.5) is 5.69 Å². The van der Waals surface area contributed by atoms with Gasteiger partial charge in [-0.15, -0.1) is 10.2 Å². The highest BCUT2D eigenvalue weighted by atomic mass is 32.2. The van der Waals surface area contributed by atoms with E-state index in [1.807, 2.05) is 47.0 Å². The Hall–Kier alpha value is -3.72. The summed E-state index contributed by atoms with van der Waals surface area (Å²) in [5.74, 6) is 0.507. The fraction of sp³-hybridized carbons (Fsp3) is 0.269. The van der Waals surface area contributed by atoms with Crippen LogP contribution in [-0.4, -0.2) is 46.9 Å². The van der Waals surface area contributed by atoms with Crippen LogP contribution in [0.1, 0.15) is 47.6 Å². The van der Waals surface area contributed by atoms with E-state index >= 15 is 0 Å². The summed E-state index contributed by atoms with van der Waals surface area (Å²) >= 11 is 0. The molecule has 2 aromatic carbocycles. The number of para-hydroxylation sites is 1. The smallest absolute Gasteiger partial charge is 0.264 e. The first-order valence-corrected chi connectivity index (χ1v) is 13.1. The Morgan fingerprint density at radius 2 is 1.83 bits per heavy atom. The normalized spacial score (nSPS) is 16.1. The summed E-state index contributed by atoms with van der Waals surface area (Å²) in [6, 6.07) is 19.4. The molecule has 9 heteroatoms. The Kier molecular flexibility index (Phi) is 6.02. The number of carbonyl (C=O) groups is 1. The first-order chi connectivity index (χ1) is 16.9. The molecule has 0 unspecified atom stereocenters. The molecule has 5 rings (SSSR count). The van der Waals surface area contributed by atoms with Crippen LogP contribution in [0.3, 0.4) is 0 Å². The maximum absolute atomic E-state index is 13.7. The van der Waals surface area contributed by atoms with Gasteiger partial charge in [0.15, 0.2) is 11.5 Å². The molecule has 0 saturated carbocycles. The van der Waals surface area contributed by atoms with Crippen LogP contribution in [-0.2, 0) is 10.0 Å². The molecule has 180 valence electrons. The van der Waals surface area contributed by atoms with Crippen LogP contribution in [0.2, 0.25) is 0 Å². The lowest BCUT2D eigenvalue weighted by atomic mass is 10.1. The van der Waals surface area contributed by atoms with E-state index in [4.69, 9.17) is 0 Å². The molecule has 0 spiro atoms. The molecule has 35 heavy (non-hydrogen) atoms. The molecule has 1 atom stereocenters. The minimum absolute atomic E-state index is 0.137. The van der Waals surface area contributed by atoms with E-state index in [1.54, 1.807) is 43.0 Å². The van der Waals surface area contributed by atoms with Crippen LogP contribution in [0.15, 0.2) is 77.8 Å². The van der Waals surface area contributed by atoms with Crippen LogP contribution in [0.25, 0.3) is 5.65 Å². The molecule has 1 aliphatic heterocycles. The predicted molar refractivity (Wildman–Crippen MR) is 134 cm³/mol. The van der Waals surface area contributed by atoms with Gasteiger partial charge in [0.2, 0.25) is 0 Å². The average molecular weight is 490 g/mol. The summed E-state index contributed by atoms with van der Waals surface area (Å²) in [6.07, 6.45) is 3.51. The second-order valence-electron chi connectivity index (χ2n) is 8.63. The number of anilines is 1. The lowest BCUT2D eigenvalue weighted by Gasteiger charge is -2.26. The molecule has 1 saturated heterocycles. The SMILES string of the molecule is CCN(c1ccccc1)S(=O)(=O)c1cc(C(=O)N2CCC[C@@H]2c2nnc3ccccn23)ccc1C. The van der Waals surface area contributed by atoms with Gasteiger partial charge in [-0.3, -0.25) is 13.5 Å². The molecule has 0 aliphatic carbocycles. The number of aromatic nitrogens is 3. The van der Waals surface area contributed by atoms with Gasteiger partial charge >= 0.3 is 0 Å². The number of pyridine rings is 1. The van der Waals surface area contributed by atoms with Gasteiger partial charge in [-0.25, -0.2) is 8.42 Å². The predicted octanol–water partition coefficient (Wildman–Crippen LogP) is 4.23. The Labute approximate surface area is 204 Å². The molecule has 1 fully saturated rings. The van der Waals surface area contributed by atoms with Gasteiger partial charge in [-0.05, 0) is 68.7 Å². The highest BCUT2D eigenvalue weighted by Gasteiger charge is 2.35. The number of carbonyl (C=O) groups excluding carboxylic acids is 1. The summed E-state index contributed by atoms with van der Waals surface area (Å²) in [5.41, 5.74) is 2.26. The lowest BCUT2D eigenvalue weighted by Crippen LogP contribution is -2.33. The third-order valence-corrected chi connectivity index (χ3v) is 8.53. The minimum atomic E-state index is -3.86. The number of likely N-dealkylation sites (tertiary alicyclic amines) is 1. The number of nitrogens with zero attached hydrogens (tertiary/aromatic N) is 5. The van der Waals surface area contributed by atoms with Crippen molar-refractivity contribution in [2.45, 2.75) is 37.6 Å². The second-order valence-corrected chi connectivity index (χ2v) is 10.5. The van der Waals surface area contributed by atoms with Gasteiger partial charge in [-0.1, -0.05) is 30.3 Å². The number of hydrogen-bond donors (Lipinski definition) is 0. The topological polar surface area (TPSA) is 87.9 Å². The molecule has 4 aromatic rings. The number of aryl methyl sites for hydroxylation is 1. The highest BCUT2D eigenvalue weighted by Crippen LogP contribution is 2.33. The van der Waals surface area contributed by atoms with E-state index in [9.17, 15) is 13.2 Å². The van der Waals surface area contributed by atoms with E-state index in [-0.39, 0.29) is 23.4 Å². The van der Waals surface area contributed by atoms with Gasteiger partial charge in [0.05, 0.1) is 16.6 Å². The van der Waals surface area contributed by atoms with E-state index in [0.29, 0.717) is 29.2 Å². The summed E-state index contributed by atoms with van der Waals surface area (Å²) in [5, 5.41) is 8.59. The Morgan fingerprint density at radius 3 is 2.60 bits per heavy atom.